The van der Waals surface area contributed by atoms with E-state index in [1.54, 1.807) is 0 Å². The van der Waals surface area contributed by atoms with E-state index in [0.29, 0.717) is 0 Å². The number of benzene rings is 2. The molecule has 0 spiro atoms. The Morgan fingerprint density at radius 2 is 1.29 bits per heavy atom. The van der Waals surface area contributed by atoms with Crippen molar-refractivity contribution in [1.29, 1.82) is 0 Å². The summed E-state index contributed by atoms with van der Waals surface area (Å²) in [4.78, 5) is 0.897. The summed E-state index contributed by atoms with van der Waals surface area (Å²) in [6.45, 7) is 2.41. The molecule has 0 aromatic heterocycles. The number of aryl methyl sites for hydroxylation is 1. The Morgan fingerprint density at radius 3 is 1.71 bits per heavy atom. The van der Waals surface area contributed by atoms with Crippen molar-refractivity contribution in [2.24, 2.45) is 0 Å². The molecule has 0 amide bonds. The van der Waals surface area contributed by atoms with E-state index in [-0.39, 0.29) is 44.4 Å². The number of hydrogen-bond donors (Lipinski definition) is 0. The topological polar surface area (TPSA) is 40.6 Å². The van der Waals surface area contributed by atoms with Gasteiger partial charge in [-0.3, -0.25) is 0 Å². The highest BCUT2D eigenvalue weighted by Crippen LogP contribution is 2.38. The second-order valence-electron chi connectivity index (χ2n) is 7.15. The van der Waals surface area contributed by atoms with E-state index in [0.717, 1.165) is 22.0 Å². The van der Waals surface area contributed by atoms with Gasteiger partial charge in [-0.1, -0.05) is 19.1 Å². The zero-order valence-corrected chi connectivity index (χ0v) is 17.3. The van der Waals surface area contributed by atoms with Crippen molar-refractivity contribution in [3.05, 3.63) is 59.2 Å². The first-order valence-electron chi connectivity index (χ1n) is 9.46. The summed E-state index contributed by atoms with van der Waals surface area (Å²) < 4.78 is 105. The van der Waals surface area contributed by atoms with Gasteiger partial charge in [0.05, 0.1) is 16.0 Å². The lowest BCUT2D eigenvalue weighted by molar-refractivity contribution is -0.143. The molecule has 0 saturated carbocycles. The molecule has 0 aliphatic carbocycles. The van der Waals surface area contributed by atoms with Gasteiger partial charge in [-0.15, -0.1) is 0 Å². The van der Waals surface area contributed by atoms with Gasteiger partial charge < -0.3 is 4.90 Å². The van der Waals surface area contributed by atoms with Crippen molar-refractivity contribution in [3.63, 3.8) is 0 Å². The minimum absolute atomic E-state index is 0.0601. The van der Waals surface area contributed by atoms with E-state index >= 15 is 0 Å². The van der Waals surface area contributed by atoms with E-state index in [9.17, 15) is 34.8 Å². The van der Waals surface area contributed by atoms with Crippen molar-refractivity contribution < 1.29 is 34.8 Å². The molecule has 0 bridgehead atoms. The van der Waals surface area contributed by atoms with E-state index in [2.05, 4.69) is 0 Å². The van der Waals surface area contributed by atoms with Gasteiger partial charge in [-0.25, -0.2) is 8.42 Å². The van der Waals surface area contributed by atoms with Gasteiger partial charge in [-0.2, -0.15) is 30.6 Å². The van der Waals surface area contributed by atoms with Crippen LogP contribution in [0.25, 0.3) is 0 Å². The molecule has 2 aromatic rings. The molecule has 2 aromatic carbocycles. The highest BCUT2D eigenvalue weighted by atomic mass is 32.2. The third-order valence-electron chi connectivity index (χ3n) is 5.15. The third kappa shape index (κ3) is 5.15. The minimum Gasteiger partial charge on any atom is -0.369 e. The van der Waals surface area contributed by atoms with E-state index < -0.39 is 38.4 Å². The van der Waals surface area contributed by atoms with Crippen LogP contribution in [0.4, 0.5) is 32.0 Å². The largest absolute Gasteiger partial charge is 0.416 e. The first-order valence-corrected chi connectivity index (χ1v) is 10.9. The molecule has 1 aliphatic rings. The number of piperazine rings is 1. The summed E-state index contributed by atoms with van der Waals surface area (Å²) in [6, 6.07) is 8.09. The highest BCUT2D eigenvalue weighted by Gasteiger charge is 2.39. The predicted molar refractivity (Wildman–Crippen MR) is 103 cm³/mol. The second kappa shape index (κ2) is 8.34. The molecule has 3 rings (SSSR count). The fraction of sp³-hybridized carbons (Fsp3) is 0.400. The van der Waals surface area contributed by atoms with E-state index in [1.807, 2.05) is 36.1 Å². The van der Waals surface area contributed by atoms with Crippen LogP contribution < -0.4 is 4.90 Å². The van der Waals surface area contributed by atoms with Crippen LogP contribution in [0.2, 0.25) is 0 Å². The van der Waals surface area contributed by atoms with Crippen LogP contribution in [0, 0.1) is 0 Å². The standard InChI is InChI=1S/C20H20F6N2O2S/c1-2-14-3-5-17(6-4-14)27-7-9-28(10-8-27)31(29,30)18-12-15(19(21,22)23)11-16(13-18)20(24,25)26/h3-6,11-13H,2,7-10H2,1H3. The smallest absolute Gasteiger partial charge is 0.369 e. The van der Waals surface area contributed by atoms with Crippen molar-refractivity contribution in [1.82, 2.24) is 4.31 Å². The average Bonchev–Trinajstić information content (AvgIpc) is 2.72. The first kappa shape index (κ1) is 23.4. The maximum absolute atomic E-state index is 13.1. The average molecular weight is 466 g/mol. The van der Waals surface area contributed by atoms with Gasteiger partial charge in [0, 0.05) is 31.9 Å². The molecule has 1 aliphatic heterocycles. The Hall–Kier alpha value is -2.27. The lowest BCUT2D eigenvalue weighted by Gasteiger charge is -2.35. The third-order valence-corrected chi connectivity index (χ3v) is 7.02. The molecular formula is C20H20F6N2O2S. The molecule has 170 valence electrons. The van der Waals surface area contributed by atoms with Crippen LogP contribution in [0.3, 0.4) is 0 Å². The Balaban J connectivity index is 1.85. The van der Waals surface area contributed by atoms with Crippen LogP contribution in [0.5, 0.6) is 0 Å². The molecule has 31 heavy (non-hydrogen) atoms. The van der Waals surface area contributed by atoms with Gasteiger partial charge in [0.2, 0.25) is 10.0 Å². The van der Waals surface area contributed by atoms with E-state index in [4.69, 9.17) is 0 Å². The number of sulfonamides is 1. The normalized spacial score (nSPS) is 16.5. The number of anilines is 1. The van der Waals surface area contributed by atoms with Crippen molar-refractivity contribution in [2.45, 2.75) is 30.6 Å². The highest BCUT2D eigenvalue weighted by molar-refractivity contribution is 7.89. The van der Waals surface area contributed by atoms with Gasteiger partial charge in [0.15, 0.2) is 0 Å². The summed E-state index contributed by atoms with van der Waals surface area (Å²) in [5, 5.41) is 0. The summed E-state index contributed by atoms with van der Waals surface area (Å²) >= 11 is 0. The number of halogens is 6. The summed E-state index contributed by atoms with van der Waals surface area (Å²) in [5.41, 5.74) is -1.31. The summed E-state index contributed by atoms with van der Waals surface area (Å²) in [7, 11) is -4.54. The molecule has 1 saturated heterocycles. The van der Waals surface area contributed by atoms with Crippen molar-refractivity contribution in [2.75, 3.05) is 31.1 Å². The molecule has 0 unspecified atom stereocenters. The Bertz CT molecular complexity index is 993. The maximum atomic E-state index is 13.1. The Labute approximate surface area is 176 Å². The maximum Gasteiger partial charge on any atom is 0.416 e. The van der Waals surface area contributed by atoms with Gasteiger partial charge in [0.25, 0.3) is 0 Å². The Kier molecular flexibility index (Phi) is 6.30. The van der Waals surface area contributed by atoms with Crippen LogP contribution in [-0.4, -0.2) is 38.9 Å². The number of rotatable bonds is 4. The quantitative estimate of drug-likeness (QED) is 0.608. The first-order chi connectivity index (χ1) is 14.3. The van der Waals surface area contributed by atoms with Crippen LogP contribution >= 0.6 is 0 Å². The van der Waals surface area contributed by atoms with Crippen molar-refractivity contribution >= 4 is 15.7 Å². The fourth-order valence-electron chi connectivity index (χ4n) is 3.35. The Morgan fingerprint density at radius 1 is 0.806 bits per heavy atom. The molecule has 0 N–H and O–H groups in total. The number of alkyl halides is 6. The predicted octanol–water partition coefficient (Wildman–Crippen LogP) is 4.80. The van der Waals surface area contributed by atoms with Crippen LogP contribution in [0.15, 0.2) is 47.4 Å². The minimum atomic E-state index is -5.12. The molecule has 1 heterocycles. The summed E-state index contributed by atoms with van der Waals surface area (Å²) in [6.07, 6.45) is -9.37. The lowest BCUT2D eigenvalue weighted by atomic mass is 10.1. The van der Waals surface area contributed by atoms with Gasteiger partial charge in [-0.05, 0) is 42.3 Å². The van der Waals surface area contributed by atoms with Crippen LogP contribution in [-0.2, 0) is 28.8 Å². The van der Waals surface area contributed by atoms with Gasteiger partial charge in [0.1, 0.15) is 0 Å². The van der Waals surface area contributed by atoms with E-state index in [1.165, 1.54) is 0 Å². The molecule has 1 fully saturated rings. The van der Waals surface area contributed by atoms with Crippen molar-refractivity contribution in [3.8, 4) is 0 Å². The number of nitrogens with zero attached hydrogens (tertiary/aromatic N) is 2. The monoisotopic (exact) mass is 466 g/mol. The molecule has 4 nitrogen and oxygen atoms in total. The fourth-order valence-corrected chi connectivity index (χ4v) is 4.85. The summed E-state index contributed by atoms with van der Waals surface area (Å²) in [5.74, 6) is 0. The lowest BCUT2D eigenvalue weighted by Crippen LogP contribution is -2.48. The number of hydrogen-bond acceptors (Lipinski definition) is 3. The molecule has 0 radical (unpaired) electrons. The SMILES string of the molecule is CCc1ccc(N2CCN(S(=O)(=O)c3cc(C(F)(F)F)cc(C(F)(F)F)c3)CC2)cc1. The molecular weight excluding hydrogens is 446 g/mol. The molecule has 0 atom stereocenters. The zero-order chi connectivity index (χ0) is 23.0. The van der Waals surface area contributed by atoms with Crippen LogP contribution in [0.1, 0.15) is 23.6 Å². The zero-order valence-electron chi connectivity index (χ0n) is 16.5. The van der Waals surface area contributed by atoms with Gasteiger partial charge >= 0.3 is 12.4 Å². The molecule has 11 heteroatoms. The second-order valence-corrected chi connectivity index (χ2v) is 9.09.